The molecule has 156 valence electrons. The summed E-state index contributed by atoms with van der Waals surface area (Å²) in [7, 11) is 0. The van der Waals surface area contributed by atoms with Crippen molar-refractivity contribution in [2.45, 2.75) is 11.3 Å². The number of thioether (sulfide) groups is 1. The molecular weight excluding hydrogens is 436 g/mol. The normalized spacial score (nSPS) is 14.9. The standard InChI is InChI=1S/C21H16N4O4S2/c26-18(23-20-22-14(11-30-20)13-6-2-1-3-7-13)12-31-21-25-24-19(29-21)17-10-27-15-8-4-5-9-16(15)28-17/h1-9,11,17H,10,12H2,(H,22,23,26)/t17-/m1/s1. The Morgan fingerprint density at radius 3 is 2.77 bits per heavy atom. The van der Waals surface area contributed by atoms with Crippen molar-refractivity contribution >= 4 is 34.1 Å². The van der Waals surface area contributed by atoms with E-state index >= 15 is 0 Å². The van der Waals surface area contributed by atoms with Gasteiger partial charge in [0.05, 0.1) is 11.4 Å². The van der Waals surface area contributed by atoms with Crippen molar-refractivity contribution in [2.75, 3.05) is 17.7 Å². The number of amides is 1. The van der Waals surface area contributed by atoms with E-state index in [1.807, 2.05) is 60.0 Å². The summed E-state index contributed by atoms with van der Waals surface area (Å²) in [5.74, 6) is 1.54. The number of fused-ring (bicyclic) bond motifs is 1. The molecular formula is C21H16N4O4S2. The van der Waals surface area contributed by atoms with E-state index in [2.05, 4.69) is 20.5 Å². The average molecular weight is 453 g/mol. The number of carbonyl (C=O) groups is 1. The molecule has 2 aromatic carbocycles. The molecule has 1 aliphatic rings. The van der Waals surface area contributed by atoms with E-state index in [1.165, 1.54) is 11.3 Å². The summed E-state index contributed by atoms with van der Waals surface area (Å²) in [5.41, 5.74) is 1.83. The molecule has 1 aliphatic heterocycles. The van der Waals surface area contributed by atoms with E-state index < -0.39 is 6.10 Å². The van der Waals surface area contributed by atoms with Crippen LogP contribution in [0.2, 0.25) is 0 Å². The van der Waals surface area contributed by atoms with Gasteiger partial charge in [0.15, 0.2) is 16.6 Å². The molecule has 31 heavy (non-hydrogen) atoms. The highest BCUT2D eigenvalue weighted by molar-refractivity contribution is 7.99. The Bertz CT molecular complexity index is 1190. The number of hydrogen-bond donors (Lipinski definition) is 1. The lowest BCUT2D eigenvalue weighted by atomic mass is 10.2. The molecule has 10 heteroatoms. The quantitative estimate of drug-likeness (QED) is 0.429. The number of benzene rings is 2. The summed E-state index contributed by atoms with van der Waals surface area (Å²) >= 11 is 2.53. The lowest BCUT2D eigenvalue weighted by Gasteiger charge is -2.23. The third-order valence-corrected chi connectivity index (χ3v) is 5.93. The van der Waals surface area contributed by atoms with Crippen LogP contribution < -0.4 is 14.8 Å². The minimum Gasteiger partial charge on any atom is -0.485 e. The van der Waals surface area contributed by atoms with Gasteiger partial charge in [-0.2, -0.15) is 0 Å². The fourth-order valence-corrected chi connectivity index (χ4v) is 4.21. The van der Waals surface area contributed by atoms with Crippen molar-refractivity contribution in [1.82, 2.24) is 15.2 Å². The van der Waals surface area contributed by atoms with Gasteiger partial charge in [-0.05, 0) is 12.1 Å². The molecule has 1 N–H and O–H groups in total. The maximum absolute atomic E-state index is 12.3. The molecule has 2 aromatic heterocycles. The van der Waals surface area contributed by atoms with Crippen LogP contribution in [0.15, 0.2) is 69.6 Å². The van der Waals surface area contributed by atoms with Gasteiger partial charge in [0.1, 0.15) is 6.61 Å². The topological polar surface area (TPSA) is 99.4 Å². The van der Waals surface area contributed by atoms with E-state index in [4.69, 9.17) is 13.9 Å². The zero-order valence-electron chi connectivity index (χ0n) is 16.1. The Hall–Kier alpha value is -3.37. The monoisotopic (exact) mass is 452 g/mol. The summed E-state index contributed by atoms with van der Waals surface area (Å²) in [6.45, 7) is 0.275. The van der Waals surface area contributed by atoms with Gasteiger partial charge >= 0.3 is 0 Å². The highest BCUT2D eigenvalue weighted by Gasteiger charge is 2.27. The molecule has 5 rings (SSSR count). The fraction of sp³-hybridized carbons (Fsp3) is 0.143. The molecule has 8 nitrogen and oxygen atoms in total. The van der Waals surface area contributed by atoms with Crippen molar-refractivity contribution in [3.63, 3.8) is 0 Å². The number of thiazole rings is 1. The van der Waals surface area contributed by atoms with Gasteiger partial charge in [-0.3, -0.25) is 4.79 Å². The van der Waals surface area contributed by atoms with E-state index in [0.29, 0.717) is 22.5 Å². The van der Waals surface area contributed by atoms with Gasteiger partial charge in [0.25, 0.3) is 11.1 Å². The van der Waals surface area contributed by atoms with E-state index in [9.17, 15) is 4.79 Å². The Balaban J connectivity index is 1.15. The maximum atomic E-state index is 12.3. The average Bonchev–Trinajstić information content (AvgIpc) is 3.48. The molecule has 0 unspecified atom stereocenters. The zero-order chi connectivity index (χ0) is 21.0. The first-order chi connectivity index (χ1) is 15.2. The number of aromatic nitrogens is 3. The van der Waals surface area contributed by atoms with Crippen molar-refractivity contribution in [2.24, 2.45) is 0 Å². The summed E-state index contributed by atoms with van der Waals surface area (Å²) in [6.07, 6.45) is -0.489. The molecule has 0 saturated heterocycles. The summed E-state index contributed by atoms with van der Waals surface area (Å²) < 4.78 is 17.2. The summed E-state index contributed by atoms with van der Waals surface area (Å²) in [6, 6.07) is 17.2. The third kappa shape index (κ3) is 4.54. The molecule has 0 aliphatic carbocycles. The van der Waals surface area contributed by atoms with Crippen LogP contribution >= 0.6 is 23.1 Å². The first-order valence-corrected chi connectivity index (χ1v) is 11.3. The number of carbonyl (C=O) groups excluding carboxylic acids is 1. The Kier molecular flexibility index (Phi) is 5.55. The van der Waals surface area contributed by atoms with Crippen molar-refractivity contribution < 1.29 is 18.7 Å². The smallest absolute Gasteiger partial charge is 0.277 e. The molecule has 0 fully saturated rings. The van der Waals surface area contributed by atoms with Gasteiger partial charge < -0.3 is 19.2 Å². The number of hydrogen-bond acceptors (Lipinski definition) is 9. The second-order valence-electron chi connectivity index (χ2n) is 6.51. The molecule has 3 heterocycles. The fourth-order valence-electron chi connectivity index (χ4n) is 2.91. The van der Waals surface area contributed by atoms with Crippen molar-refractivity contribution in [3.8, 4) is 22.8 Å². The van der Waals surface area contributed by atoms with Crippen LogP contribution in [0.1, 0.15) is 12.0 Å². The van der Waals surface area contributed by atoms with Gasteiger partial charge in [-0.15, -0.1) is 21.5 Å². The number of nitrogens with one attached hydrogen (secondary N) is 1. The van der Waals surface area contributed by atoms with Gasteiger partial charge in [0.2, 0.25) is 12.0 Å². The molecule has 1 atom stereocenters. The number of rotatable bonds is 6. The number of para-hydroxylation sites is 2. The molecule has 1 amide bonds. The molecule has 4 aromatic rings. The Labute approximate surface area is 185 Å². The SMILES string of the molecule is O=C(CSc1nnc([C@H]2COc3ccccc3O2)o1)Nc1nc(-c2ccccc2)cs1. The second-order valence-corrected chi connectivity index (χ2v) is 8.30. The van der Waals surface area contributed by atoms with Gasteiger partial charge in [-0.25, -0.2) is 4.98 Å². The largest absolute Gasteiger partial charge is 0.485 e. The summed E-state index contributed by atoms with van der Waals surface area (Å²) in [5, 5.41) is 13.6. The van der Waals surface area contributed by atoms with Crippen LogP contribution in [0.4, 0.5) is 5.13 Å². The van der Waals surface area contributed by atoms with Crippen LogP contribution in [0.5, 0.6) is 11.5 Å². The van der Waals surface area contributed by atoms with E-state index in [0.717, 1.165) is 23.0 Å². The lowest BCUT2D eigenvalue weighted by molar-refractivity contribution is -0.113. The molecule has 0 radical (unpaired) electrons. The Morgan fingerprint density at radius 2 is 1.90 bits per heavy atom. The van der Waals surface area contributed by atoms with Crippen LogP contribution in [-0.2, 0) is 4.79 Å². The van der Waals surface area contributed by atoms with Crippen LogP contribution in [0.3, 0.4) is 0 Å². The van der Waals surface area contributed by atoms with Gasteiger partial charge in [-0.1, -0.05) is 54.2 Å². The highest BCUT2D eigenvalue weighted by Crippen LogP contribution is 2.36. The first kappa shape index (κ1) is 19.6. The van der Waals surface area contributed by atoms with Crippen molar-refractivity contribution in [3.05, 3.63) is 65.9 Å². The predicted molar refractivity (Wildman–Crippen MR) is 117 cm³/mol. The highest BCUT2D eigenvalue weighted by atomic mass is 32.2. The molecule has 0 spiro atoms. The molecule has 0 bridgehead atoms. The van der Waals surface area contributed by atoms with Crippen LogP contribution in [0.25, 0.3) is 11.3 Å². The number of ether oxygens (including phenoxy) is 2. The maximum Gasteiger partial charge on any atom is 0.277 e. The molecule has 0 saturated carbocycles. The van der Waals surface area contributed by atoms with Crippen molar-refractivity contribution in [1.29, 1.82) is 0 Å². The lowest BCUT2D eigenvalue weighted by Crippen LogP contribution is -2.21. The van der Waals surface area contributed by atoms with Crippen LogP contribution in [-0.4, -0.2) is 33.4 Å². The Morgan fingerprint density at radius 1 is 1.10 bits per heavy atom. The minimum atomic E-state index is -0.489. The van der Waals surface area contributed by atoms with Crippen LogP contribution in [0, 0.1) is 0 Å². The van der Waals surface area contributed by atoms with Gasteiger partial charge in [0, 0.05) is 10.9 Å². The minimum absolute atomic E-state index is 0.118. The van der Waals surface area contributed by atoms with E-state index in [1.54, 1.807) is 0 Å². The first-order valence-electron chi connectivity index (χ1n) is 9.40. The summed E-state index contributed by atoms with van der Waals surface area (Å²) in [4.78, 5) is 16.7. The van der Waals surface area contributed by atoms with E-state index in [-0.39, 0.29) is 23.5 Å². The third-order valence-electron chi connectivity index (χ3n) is 4.35. The predicted octanol–water partition coefficient (Wildman–Crippen LogP) is 4.44. The zero-order valence-corrected chi connectivity index (χ0v) is 17.7. The number of anilines is 1. The number of nitrogens with zero attached hydrogens (tertiary/aromatic N) is 3. The second kappa shape index (κ2) is 8.78.